The number of hydrogen-bond acceptors (Lipinski definition) is 6. The van der Waals surface area contributed by atoms with Crippen LogP contribution in [0.5, 0.6) is 11.5 Å². The number of rotatable bonds is 11. The maximum Gasteiger partial charge on any atom is 0.259 e. The van der Waals surface area contributed by atoms with E-state index >= 15 is 0 Å². The third-order valence-electron chi connectivity index (χ3n) is 5.47. The number of nitrogens with zero attached hydrogens (tertiary/aromatic N) is 3. The van der Waals surface area contributed by atoms with Crippen molar-refractivity contribution >= 4 is 41.1 Å². The summed E-state index contributed by atoms with van der Waals surface area (Å²) in [5.41, 5.74) is 0.974. The highest BCUT2D eigenvalue weighted by Gasteiger charge is 2.27. The zero-order chi connectivity index (χ0) is 26.1. The second-order valence-corrected chi connectivity index (χ2v) is 9.31. The first-order valence-corrected chi connectivity index (χ1v) is 12.2. The number of nitrogens with one attached hydrogen (secondary N) is 1. The first-order valence-electron chi connectivity index (χ1n) is 11.4. The fourth-order valence-corrected chi connectivity index (χ4v) is 3.70. The number of likely N-dealkylation sites (tertiary alicyclic amines) is 1. The van der Waals surface area contributed by atoms with E-state index in [0.29, 0.717) is 39.2 Å². The number of carbonyl (C=O) groups excluding carboxylic acids is 2. The molecule has 10 heteroatoms. The smallest absolute Gasteiger partial charge is 0.259 e. The standard InChI is InChI=1S/C26H28Cl2N4O4/c1-31(2)26(34)17-35-24-8-4-18(14-29)12-19(24)5-9-25(33)30-10-3-11-32-15-21(16-32)36-20-6-7-22(27)23(28)13-20/h4-9,12-13,21H,3,10-11,15-17H2,1-2H3,(H,30,33)/b9-5+. The van der Waals surface area contributed by atoms with Gasteiger partial charge in [0, 0.05) is 58.0 Å². The Morgan fingerprint density at radius 3 is 2.67 bits per heavy atom. The zero-order valence-corrected chi connectivity index (χ0v) is 21.7. The second-order valence-electron chi connectivity index (χ2n) is 8.49. The lowest BCUT2D eigenvalue weighted by Gasteiger charge is -2.39. The van der Waals surface area contributed by atoms with Gasteiger partial charge in [0.25, 0.3) is 5.91 Å². The summed E-state index contributed by atoms with van der Waals surface area (Å²) in [4.78, 5) is 27.7. The molecule has 0 bridgehead atoms. The molecule has 0 spiro atoms. The number of amides is 2. The minimum Gasteiger partial charge on any atom is -0.488 e. The van der Waals surface area contributed by atoms with Gasteiger partial charge < -0.3 is 19.7 Å². The number of benzene rings is 2. The minimum atomic E-state index is -0.253. The summed E-state index contributed by atoms with van der Waals surface area (Å²) in [6, 6.07) is 12.1. The molecule has 0 radical (unpaired) electrons. The van der Waals surface area contributed by atoms with Crippen LogP contribution < -0.4 is 14.8 Å². The maximum absolute atomic E-state index is 12.3. The fourth-order valence-electron chi connectivity index (χ4n) is 3.41. The van der Waals surface area contributed by atoms with Crippen LogP contribution >= 0.6 is 23.2 Å². The van der Waals surface area contributed by atoms with Crippen LogP contribution in [0.25, 0.3) is 6.08 Å². The fraction of sp³-hybridized carbons (Fsp3) is 0.346. The third-order valence-corrected chi connectivity index (χ3v) is 6.21. The number of likely N-dealkylation sites (N-methyl/N-ethyl adjacent to an activating group) is 1. The summed E-state index contributed by atoms with van der Waals surface area (Å²) in [6.07, 6.45) is 3.87. The van der Waals surface area contributed by atoms with Crippen LogP contribution in [0, 0.1) is 11.3 Å². The van der Waals surface area contributed by atoms with Crippen molar-refractivity contribution in [1.29, 1.82) is 5.26 Å². The molecule has 190 valence electrons. The Balaban J connectivity index is 1.39. The minimum absolute atomic E-state index is 0.105. The summed E-state index contributed by atoms with van der Waals surface area (Å²) in [5.74, 6) is 0.675. The van der Waals surface area contributed by atoms with E-state index in [9.17, 15) is 9.59 Å². The number of nitriles is 1. The lowest BCUT2D eigenvalue weighted by atomic mass is 10.1. The van der Waals surface area contributed by atoms with Gasteiger partial charge in [-0.25, -0.2) is 0 Å². The van der Waals surface area contributed by atoms with Crippen LogP contribution in [-0.4, -0.2) is 74.6 Å². The molecule has 1 heterocycles. The van der Waals surface area contributed by atoms with Gasteiger partial charge in [-0.2, -0.15) is 5.26 Å². The Morgan fingerprint density at radius 1 is 1.19 bits per heavy atom. The predicted octanol–water partition coefficient (Wildman–Crippen LogP) is 3.61. The van der Waals surface area contributed by atoms with E-state index in [1.807, 2.05) is 0 Å². The van der Waals surface area contributed by atoms with Crippen molar-refractivity contribution in [3.8, 4) is 17.6 Å². The van der Waals surface area contributed by atoms with Gasteiger partial charge in [-0.3, -0.25) is 14.5 Å². The molecule has 8 nitrogen and oxygen atoms in total. The first kappa shape index (κ1) is 27.3. The van der Waals surface area contributed by atoms with Crippen LogP contribution in [0.1, 0.15) is 17.5 Å². The summed E-state index contributed by atoms with van der Waals surface area (Å²) in [5, 5.41) is 13.0. The van der Waals surface area contributed by atoms with E-state index in [0.717, 1.165) is 26.1 Å². The van der Waals surface area contributed by atoms with Crippen molar-refractivity contribution in [1.82, 2.24) is 15.1 Å². The first-order chi connectivity index (χ1) is 17.2. The van der Waals surface area contributed by atoms with Crippen molar-refractivity contribution in [2.24, 2.45) is 0 Å². The molecule has 0 aliphatic carbocycles. The lowest BCUT2D eigenvalue weighted by Crippen LogP contribution is -2.54. The van der Waals surface area contributed by atoms with Gasteiger partial charge in [-0.1, -0.05) is 23.2 Å². The zero-order valence-electron chi connectivity index (χ0n) is 20.2. The van der Waals surface area contributed by atoms with Gasteiger partial charge in [-0.15, -0.1) is 0 Å². The van der Waals surface area contributed by atoms with Crippen LogP contribution in [0.2, 0.25) is 10.0 Å². The van der Waals surface area contributed by atoms with Gasteiger partial charge in [0.05, 0.1) is 21.7 Å². The summed E-state index contributed by atoms with van der Waals surface area (Å²) < 4.78 is 11.5. The molecule has 2 amide bonds. The van der Waals surface area contributed by atoms with Gasteiger partial charge in [0.2, 0.25) is 5.91 Å². The Labute approximate surface area is 221 Å². The molecular formula is C26H28Cl2N4O4. The molecule has 0 aromatic heterocycles. The second kappa shape index (κ2) is 13.2. The number of carbonyl (C=O) groups is 2. The van der Waals surface area contributed by atoms with Gasteiger partial charge >= 0.3 is 0 Å². The Hall–Kier alpha value is -3.25. The van der Waals surface area contributed by atoms with E-state index in [4.69, 9.17) is 37.9 Å². The van der Waals surface area contributed by atoms with Gasteiger partial charge in [0.1, 0.15) is 17.6 Å². The van der Waals surface area contributed by atoms with Gasteiger partial charge in [-0.05, 0) is 42.8 Å². The molecule has 0 atom stereocenters. The molecular weight excluding hydrogens is 503 g/mol. The highest BCUT2D eigenvalue weighted by Crippen LogP contribution is 2.28. The van der Waals surface area contributed by atoms with E-state index in [1.54, 1.807) is 56.6 Å². The lowest BCUT2D eigenvalue weighted by molar-refractivity contribution is -0.130. The van der Waals surface area contributed by atoms with Crippen molar-refractivity contribution < 1.29 is 19.1 Å². The molecule has 1 saturated heterocycles. The summed E-state index contributed by atoms with van der Waals surface area (Å²) >= 11 is 11.9. The molecule has 0 saturated carbocycles. The Morgan fingerprint density at radius 2 is 1.97 bits per heavy atom. The highest BCUT2D eigenvalue weighted by molar-refractivity contribution is 6.42. The van der Waals surface area contributed by atoms with Crippen LogP contribution in [-0.2, 0) is 9.59 Å². The quantitative estimate of drug-likeness (QED) is 0.352. The monoisotopic (exact) mass is 530 g/mol. The van der Waals surface area contributed by atoms with Crippen molar-refractivity contribution in [2.75, 3.05) is 46.9 Å². The maximum atomic E-state index is 12.3. The topological polar surface area (TPSA) is 94.9 Å². The number of ether oxygens (including phenoxy) is 2. The molecule has 2 aromatic carbocycles. The molecule has 1 aliphatic rings. The van der Waals surface area contributed by atoms with E-state index < -0.39 is 0 Å². The van der Waals surface area contributed by atoms with Crippen LogP contribution in [0.4, 0.5) is 0 Å². The molecule has 36 heavy (non-hydrogen) atoms. The summed E-state index contributed by atoms with van der Waals surface area (Å²) in [6.45, 7) is 2.84. The van der Waals surface area contributed by atoms with Crippen molar-refractivity contribution in [3.63, 3.8) is 0 Å². The highest BCUT2D eigenvalue weighted by atomic mass is 35.5. The van der Waals surface area contributed by atoms with Crippen molar-refractivity contribution in [2.45, 2.75) is 12.5 Å². The number of halogens is 2. The molecule has 1 N–H and O–H groups in total. The normalized spacial score (nSPS) is 13.6. The van der Waals surface area contributed by atoms with Gasteiger partial charge in [0.15, 0.2) is 6.61 Å². The van der Waals surface area contributed by atoms with Crippen LogP contribution in [0.15, 0.2) is 42.5 Å². The molecule has 3 rings (SSSR count). The average molecular weight is 531 g/mol. The van der Waals surface area contributed by atoms with Crippen LogP contribution in [0.3, 0.4) is 0 Å². The van der Waals surface area contributed by atoms with Crippen molar-refractivity contribution in [3.05, 3.63) is 63.6 Å². The molecule has 0 unspecified atom stereocenters. The number of hydrogen-bond donors (Lipinski definition) is 1. The summed E-state index contributed by atoms with van der Waals surface area (Å²) in [7, 11) is 3.28. The van der Waals surface area contributed by atoms with E-state index in [1.165, 1.54) is 11.0 Å². The van der Waals surface area contributed by atoms with E-state index in [-0.39, 0.29) is 24.5 Å². The molecule has 1 aliphatic heterocycles. The third kappa shape index (κ3) is 8.16. The largest absolute Gasteiger partial charge is 0.488 e. The molecule has 2 aromatic rings. The SMILES string of the molecule is CN(C)C(=O)COc1ccc(C#N)cc1/C=C/C(=O)NCCCN1CC(Oc2ccc(Cl)c(Cl)c2)C1. The van der Waals surface area contributed by atoms with E-state index in [2.05, 4.69) is 16.3 Å². The average Bonchev–Trinajstić information content (AvgIpc) is 2.84. The Bertz CT molecular complexity index is 1160. The molecule has 1 fully saturated rings. The predicted molar refractivity (Wildman–Crippen MR) is 139 cm³/mol. The Kier molecular flexibility index (Phi) is 10.00.